The average Bonchev–Trinajstić information content (AvgIpc) is 3.25. The van der Waals surface area contributed by atoms with Crippen molar-refractivity contribution in [3.63, 3.8) is 0 Å². The number of halogens is 1. The minimum atomic E-state index is -0.784. The summed E-state index contributed by atoms with van der Waals surface area (Å²) in [5, 5.41) is 7.30. The van der Waals surface area contributed by atoms with Crippen molar-refractivity contribution in [2.45, 2.75) is 6.54 Å². The first kappa shape index (κ1) is 16.3. The number of furan rings is 1. The predicted octanol–water partition coefficient (Wildman–Crippen LogP) is 3.92. The van der Waals surface area contributed by atoms with Crippen molar-refractivity contribution in [2.75, 3.05) is 5.32 Å². The molecule has 2 heterocycles. The Labute approximate surface area is 147 Å². The Morgan fingerprint density at radius 3 is 2.62 bits per heavy atom. The molecule has 7 heteroatoms. The van der Waals surface area contributed by atoms with Crippen molar-refractivity contribution in [1.29, 1.82) is 0 Å². The molecule has 2 amide bonds. The molecule has 3 aromatic rings. The molecule has 0 unspecified atom stereocenters. The van der Waals surface area contributed by atoms with E-state index in [4.69, 9.17) is 16.0 Å². The fourth-order valence-electron chi connectivity index (χ4n) is 2.01. The maximum atomic E-state index is 11.9. The topological polar surface area (TPSA) is 71.3 Å². The summed E-state index contributed by atoms with van der Waals surface area (Å²) in [6, 6.07) is 14.2. The second-order valence-corrected chi connectivity index (χ2v) is 6.21. The van der Waals surface area contributed by atoms with Gasteiger partial charge >= 0.3 is 11.8 Å². The second-order valence-electron chi connectivity index (χ2n) is 4.86. The summed E-state index contributed by atoms with van der Waals surface area (Å²) >= 11 is 7.50. The highest BCUT2D eigenvalue weighted by atomic mass is 35.5. The summed E-state index contributed by atoms with van der Waals surface area (Å²) in [5.41, 5.74) is 0.386. The highest BCUT2D eigenvalue weighted by molar-refractivity contribution is 7.13. The highest BCUT2D eigenvalue weighted by Crippen LogP contribution is 2.26. The van der Waals surface area contributed by atoms with Crippen LogP contribution < -0.4 is 10.6 Å². The second kappa shape index (κ2) is 7.33. The Kier molecular flexibility index (Phi) is 4.98. The van der Waals surface area contributed by atoms with Gasteiger partial charge in [-0.25, -0.2) is 0 Å². The molecule has 3 rings (SSSR count). The van der Waals surface area contributed by atoms with E-state index in [1.807, 2.05) is 23.6 Å². The number of hydrogen-bond acceptors (Lipinski definition) is 4. The normalized spacial score (nSPS) is 10.4. The molecule has 24 heavy (non-hydrogen) atoms. The number of amides is 2. The summed E-state index contributed by atoms with van der Waals surface area (Å²) < 4.78 is 5.64. The molecule has 0 saturated heterocycles. The van der Waals surface area contributed by atoms with E-state index in [0.29, 0.717) is 16.5 Å². The van der Waals surface area contributed by atoms with Gasteiger partial charge in [0.05, 0.1) is 22.1 Å². The molecule has 0 aliphatic heterocycles. The van der Waals surface area contributed by atoms with Crippen LogP contribution in [0.5, 0.6) is 0 Å². The molecule has 5 nitrogen and oxygen atoms in total. The Morgan fingerprint density at radius 2 is 1.88 bits per heavy atom. The van der Waals surface area contributed by atoms with Gasteiger partial charge in [-0.15, -0.1) is 11.3 Å². The number of hydrogen-bond donors (Lipinski definition) is 2. The van der Waals surface area contributed by atoms with Crippen molar-refractivity contribution in [3.8, 4) is 10.6 Å². The summed E-state index contributed by atoms with van der Waals surface area (Å²) in [6.45, 7) is 0.125. The van der Waals surface area contributed by atoms with Crippen LogP contribution in [0.15, 0.2) is 58.3 Å². The van der Waals surface area contributed by atoms with Gasteiger partial charge in [0.25, 0.3) is 0 Å². The predicted molar refractivity (Wildman–Crippen MR) is 93.9 cm³/mol. The molecule has 122 valence electrons. The van der Waals surface area contributed by atoms with Gasteiger partial charge in [-0.1, -0.05) is 29.8 Å². The smallest absolute Gasteiger partial charge is 0.313 e. The van der Waals surface area contributed by atoms with Crippen molar-refractivity contribution in [2.24, 2.45) is 0 Å². The van der Waals surface area contributed by atoms with Gasteiger partial charge in [0, 0.05) is 0 Å². The quantitative estimate of drug-likeness (QED) is 0.693. The fraction of sp³-hybridized carbons (Fsp3) is 0.0588. The van der Waals surface area contributed by atoms with Crippen LogP contribution >= 0.6 is 22.9 Å². The highest BCUT2D eigenvalue weighted by Gasteiger charge is 2.15. The van der Waals surface area contributed by atoms with Gasteiger partial charge in [0.1, 0.15) is 11.5 Å². The van der Waals surface area contributed by atoms with Gasteiger partial charge in [0.2, 0.25) is 0 Å². The fourth-order valence-corrected chi connectivity index (χ4v) is 2.88. The van der Waals surface area contributed by atoms with Gasteiger partial charge in [-0.2, -0.15) is 0 Å². The zero-order valence-electron chi connectivity index (χ0n) is 12.4. The van der Waals surface area contributed by atoms with Crippen LogP contribution in [0.2, 0.25) is 5.02 Å². The third kappa shape index (κ3) is 3.84. The number of anilines is 1. The SMILES string of the molecule is O=C(NCc1ccc(-c2cccs2)o1)C(=O)Nc1ccccc1Cl. The van der Waals surface area contributed by atoms with Crippen LogP contribution in [0.3, 0.4) is 0 Å². The van der Waals surface area contributed by atoms with Crippen LogP contribution in [0.4, 0.5) is 5.69 Å². The molecular weight excluding hydrogens is 348 g/mol. The third-order valence-corrected chi connectivity index (χ3v) is 4.39. The third-order valence-electron chi connectivity index (χ3n) is 3.18. The van der Waals surface area contributed by atoms with E-state index in [-0.39, 0.29) is 6.54 Å². The number of carbonyl (C=O) groups excluding carboxylic acids is 2. The zero-order valence-corrected chi connectivity index (χ0v) is 14.0. The van der Waals surface area contributed by atoms with E-state index in [2.05, 4.69) is 10.6 Å². The van der Waals surface area contributed by atoms with Crippen LogP contribution in [-0.2, 0) is 16.1 Å². The molecule has 0 aliphatic carbocycles. The Bertz CT molecular complexity index is 858. The van der Waals surface area contributed by atoms with E-state index in [1.54, 1.807) is 41.7 Å². The van der Waals surface area contributed by atoms with Gasteiger partial charge in [-0.3, -0.25) is 9.59 Å². The number of para-hydroxylation sites is 1. The Morgan fingerprint density at radius 1 is 1.04 bits per heavy atom. The molecule has 0 radical (unpaired) electrons. The molecule has 0 saturated carbocycles. The van der Waals surface area contributed by atoms with E-state index in [9.17, 15) is 9.59 Å². The first-order valence-corrected chi connectivity index (χ1v) is 8.35. The summed E-state index contributed by atoms with van der Waals surface area (Å²) in [7, 11) is 0. The molecule has 0 bridgehead atoms. The standard InChI is InChI=1S/C17H13ClN2O3S/c18-12-4-1-2-5-13(12)20-17(22)16(21)19-10-11-7-8-14(23-11)15-6-3-9-24-15/h1-9H,10H2,(H,19,21)(H,20,22). The van der Waals surface area contributed by atoms with E-state index >= 15 is 0 Å². The van der Waals surface area contributed by atoms with Crippen LogP contribution in [0.25, 0.3) is 10.6 Å². The summed E-state index contributed by atoms with van der Waals surface area (Å²) in [6.07, 6.45) is 0. The lowest BCUT2D eigenvalue weighted by atomic mass is 10.3. The first-order chi connectivity index (χ1) is 11.6. The first-order valence-electron chi connectivity index (χ1n) is 7.10. The van der Waals surface area contributed by atoms with Gasteiger partial charge < -0.3 is 15.1 Å². The summed E-state index contributed by atoms with van der Waals surface area (Å²) in [5.74, 6) is -0.246. The summed E-state index contributed by atoms with van der Waals surface area (Å²) in [4.78, 5) is 24.7. The van der Waals surface area contributed by atoms with Crippen molar-refractivity contribution in [3.05, 3.63) is 64.7 Å². The minimum absolute atomic E-state index is 0.125. The van der Waals surface area contributed by atoms with Crippen LogP contribution in [-0.4, -0.2) is 11.8 Å². The molecule has 0 atom stereocenters. The Hall–Kier alpha value is -2.57. The molecule has 0 spiro atoms. The van der Waals surface area contributed by atoms with Crippen LogP contribution in [0.1, 0.15) is 5.76 Å². The molecule has 0 fully saturated rings. The monoisotopic (exact) mass is 360 g/mol. The zero-order chi connectivity index (χ0) is 16.9. The lowest BCUT2D eigenvalue weighted by Gasteiger charge is -2.06. The number of nitrogens with one attached hydrogen (secondary N) is 2. The number of carbonyl (C=O) groups is 2. The van der Waals surface area contributed by atoms with Crippen molar-refractivity contribution in [1.82, 2.24) is 5.32 Å². The van der Waals surface area contributed by atoms with E-state index in [1.165, 1.54) is 0 Å². The number of thiophene rings is 1. The molecule has 2 N–H and O–H groups in total. The lowest BCUT2D eigenvalue weighted by molar-refractivity contribution is -0.136. The van der Waals surface area contributed by atoms with E-state index in [0.717, 1.165) is 10.6 Å². The largest absolute Gasteiger partial charge is 0.458 e. The minimum Gasteiger partial charge on any atom is -0.458 e. The van der Waals surface area contributed by atoms with Gasteiger partial charge in [-0.05, 0) is 35.7 Å². The van der Waals surface area contributed by atoms with E-state index < -0.39 is 11.8 Å². The number of benzene rings is 1. The number of rotatable bonds is 4. The lowest BCUT2D eigenvalue weighted by Crippen LogP contribution is -2.34. The average molecular weight is 361 g/mol. The molecular formula is C17H13ClN2O3S. The maximum absolute atomic E-state index is 11.9. The molecule has 2 aromatic heterocycles. The maximum Gasteiger partial charge on any atom is 0.313 e. The van der Waals surface area contributed by atoms with Crippen molar-refractivity contribution < 1.29 is 14.0 Å². The Balaban J connectivity index is 1.55. The van der Waals surface area contributed by atoms with Crippen molar-refractivity contribution >= 4 is 40.4 Å². The van der Waals surface area contributed by atoms with Crippen LogP contribution in [0, 0.1) is 0 Å². The molecule has 0 aliphatic rings. The molecule has 1 aromatic carbocycles. The van der Waals surface area contributed by atoms with Gasteiger partial charge in [0.15, 0.2) is 0 Å².